The molecular weight excluding hydrogens is 641 g/mol. The molecule has 2 heterocycles. The van der Waals surface area contributed by atoms with Crippen LogP contribution in [-0.2, 0) is 5.41 Å². The fourth-order valence-corrected chi connectivity index (χ4v) is 9.66. The Morgan fingerprint density at radius 2 is 0.981 bits per heavy atom. The molecule has 2 aliphatic rings. The van der Waals surface area contributed by atoms with E-state index in [1.807, 2.05) is 12.3 Å². The molecule has 0 atom stereocenters. The van der Waals surface area contributed by atoms with Crippen molar-refractivity contribution in [3.05, 3.63) is 204 Å². The molecule has 0 bridgehead atoms. The van der Waals surface area contributed by atoms with Crippen molar-refractivity contribution in [2.45, 2.75) is 5.41 Å². The van der Waals surface area contributed by atoms with E-state index in [-0.39, 0.29) is 0 Å². The predicted molar refractivity (Wildman–Crippen MR) is 219 cm³/mol. The van der Waals surface area contributed by atoms with Gasteiger partial charge in [0.25, 0.3) is 0 Å². The zero-order valence-corrected chi connectivity index (χ0v) is 28.7. The summed E-state index contributed by atoms with van der Waals surface area (Å²) in [5, 5.41) is 7.25. The summed E-state index contributed by atoms with van der Waals surface area (Å²) >= 11 is 0. The fraction of sp³-hybridized carbons (Fsp3) is 0.0196. The highest BCUT2D eigenvalue weighted by Gasteiger charge is 2.52. The average Bonchev–Trinajstić information content (AvgIpc) is 3.69. The molecule has 0 radical (unpaired) electrons. The van der Waals surface area contributed by atoms with Crippen LogP contribution in [0.4, 0.5) is 0 Å². The number of hydrogen-bond donors (Lipinski definition) is 0. The van der Waals surface area contributed by atoms with Crippen LogP contribution in [0.3, 0.4) is 0 Å². The first-order valence-electron chi connectivity index (χ1n) is 18.3. The molecule has 0 saturated carbocycles. The Morgan fingerprint density at radius 3 is 1.77 bits per heavy atom. The fourth-order valence-electron chi connectivity index (χ4n) is 9.66. The normalized spacial score (nSPS) is 13.4. The minimum absolute atomic E-state index is 0.424. The number of benzene rings is 8. The van der Waals surface area contributed by atoms with Gasteiger partial charge in [-0.3, -0.25) is 4.98 Å². The second kappa shape index (κ2) is 10.6. The summed E-state index contributed by atoms with van der Waals surface area (Å²) in [6.07, 6.45) is 1.85. The molecular formula is C51H30N2. The Bertz CT molecular complexity index is 3140. The Balaban J connectivity index is 1.10. The van der Waals surface area contributed by atoms with E-state index in [9.17, 15) is 0 Å². The maximum atomic E-state index is 5.24. The number of pyridine rings is 2. The highest BCUT2D eigenvalue weighted by Crippen LogP contribution is 2.64. The van der Waals surface area contributed by atoms with Gasteiger partial charge in [0.1, 0.15) is 0 Å². The minimum atomic E-state index is -0.424. The summed E-state index contributed by atoms with van der Waals surface area (Å²) in [4.78, 5) is 9.96. The van der Waals surface area contributed by atoms with Gasteiger partial charge in [-0.1, -0.05) is 146 Å². The molecule has 0 aliphatic heterocycles. The third kappa shape index (κ3) is 3.82. The second-order valence-electron chi connectivity index (χ2n) is 14.5. The van der Waals surface area contributed by atoms with E-state index in [1.165, 1.54) is 71.6 Å². The Morgan fingerprint density at radius 1 is 0.358 bits per heavy atom. The van der Waals surface area contributed by atoms with Crippen LogP contribution in [0, 0.1) is 0 Å². The van der Waals surface area contributed by atoms with Crippen molar-refractivity contribution in [2.75, 3.05) is 0 Å². The molecule has 2 aliphatic carbocycles. The zero-order chi connectivity index (χ0) is 34.7. The molecule has 0 fully saturated rings. The van der Waals surface area contributed by atoms with Gasteiger partial charge < -0.3 is 0 Å². The smallest absolute Gasteiger partial charge is 0.0972 e. The molecule has 2 aromatic heterocycles. The molecule has 0 unspecified atom stereocenters. The Labute approximate surface area is 306 Å². The van der Waals surface area contributed by atoms with Gasteiger partial charge in [-0.25, -0.2) is 4.98 Å². The summed E-state index contributed by atoms with van der Waals surface area (Å²) in [6, 6.07) is 64.9. The van der Waals surface area contributed by atoms with E-state index in [0.29, 0.717) is 0 Å². The van der Waals surface area contributed by atoms with Crippen molar-refractivity contribution in [1.82, 2.24) is 9.97 Å². The van der Waals surface area contributed by atoms with Crippen LogP contribution in [0.2, 0.25) is 0 Å². The monoisotopic (exact) mass is 670 g/mol. The first kappa shape index (κ1) is 28.8. The van der Waals surface area contributed by atoms with Gasteiger partial charge in [-0.05, 0) is 108 Å². The molecule has 0 N–H and O–H groups in total. The summed E-state index contributed by atoms with van der Waals surface area (Å²) in [5.41, 5.74) is 16.6. The third-order valence-corrected chi connectivity index (χ3v) is 11.9. The SMILES string of the molecule is c1ccc(-c2ccc3ccc4cccnc4c3n2)c(-c2ccc3c4c(ccc3c2)-c2cc3ccccc3cc2C42c3ccccc3-c3ccccc32)c1. The summed E-state index contributed by atoms with van der Waals surface area (Å²) in [5.74, 6) is 0. The van der Waals surface area contributed by atoms with Gasteiger partial charge in [0.2, 0.25) is 0 Å². The van der Waals surface area contributed by atoms with Crippen LogP contribution < -0.4 is 0 Å². The number of aromatic nitrogens is 2. The molecule has 244 valence electrons. The van der Waals surface area contributed by atoms with Crippen molar-refractivity contribution in [1.29, 1.82) is 0 Å². The predicted octanol–water partition coefficient (Wildman–Crippen LogP) is 12.8. The average molecular weight is 671 g/mol. The number of fused-ring (bicyclic) bond motifs is 16. The molecule has 2 heteroatoms. The Hall–Kier alpha value is -6.90. The van der Waals surface area contributed by atoms with E-state index in [4.69, 9.17) is 9.97 Å². The van der Waals surface area contributed by atoms with E-state index < -0.39 is 5.41 Å². The van der Waals surface area contributed by atoms with Crippen LogP contribution in [-0.4, -0.2) is 9.97 Å². The van der Waals surface area contributed by atoms with Crippen LogP contribution in [0.15, 0.2) is 182 Å². The van der Waals surface area contributed by atoms with Gasteiger partial charge in [0.15, 0.2) is 0 Å². The van der Waals surface area contributed by atoms with Gasteiger partial charge in [0, 0.05) is 22.5 Å². The van der Waals surface area contributed by atoms with Gasteiger partial charge in [0.05, 0.1) is 22.1 Å². The first-order chi connectivity index (χ1) is 26.3. The van der Waals surface area contributed by atoms with Crippen LogP contribution >= 0.6 is 0 Å². The highest BCUT2D eigenvalue weighted by molar-refractivity contribution is 6.08. The lowest BCUT2D eigenvalue weighted by atomic mass is 9.69. The zero-order valence-electron chi connectivity index (χ0n) is 28.7. The molecule has 0 amide bonds. The summed E-state index contributed by atoms with van der Waals surface area (Å²) < 4.78 is 0. The van der Waals surface area contributed by atoms with Crippen molar-refractivity contribution >= 4 is 43.4 Å². The van der Waals surface area contributed by atoms with Gasteiger partial charge >= 0.3 is 0 Å². The Kier molecular flexibility index (Phi) is 5.73. The standard InChI is InChI=1S/C51H30N2/c1-2-11-34-30-46-43(29-33(34)10-1)42-25-22-36-28-35(21-24-38(36)48(42)51(46)44-17-7-5-14-39(44)40-15-6-8-18-45(40)51)37-13-3-4-16-41(37)47-26-23-32-20-19-31-12-9-27-52-49(31)50(32)53-47/h1-30H. The van der Waals surface area contributed by atoms with E-state index in [0.717, 1.165) is 38.6 Å². The highest BCUT2D eigenvalue weighted by atomic mass is 14.8. The van der Waals surface area contributed by atoms with Crippen LogP contribution in [0.5, 0.6) is 0 Å². The molecule has 1 spiro atoms. The second-order valence-corrected chi connectivity index (χ2v) is 14.5. The van der Waals surface area contributed by atoms with Crippen molar-refractivity contribution in [3.63, 3.8) is 0 Å². The molecule has 8 aromatic carbocycles. The molecule has 0 saturated heterocycles. The van der Waals surface area contributed by atoms with Gasteiger partial charge in [-0.15, -0.1) is 0 Å². The minimum Gasteiger partial charge on any atom is -0.254 e. The third-order valence-electron chi connectivity index (χ3n) is 11.9. The van der Waals surface area contributed by atoms with Crippen molar-refractivity contribution < 1.29 is 0 Å². The molecule has 10 aromatic rings. The quantitative estimate of drug-likeness (QED) is 0.171. The largest absolute Gasteiger partial charge is 0.254 e. The maximum Gasteiger partial charge on any atom is 0.0972 e. The lowest BCUT2D eigenvalue weighted by Gasteiger charge is -2.31. The summed E-state index contributed by atoms with van der Waals surface area (Å²) in [6.45, 7) is 0. The van der Waals surface area contributed by atoms with E-state index in [2.05, 4.69) is 170 Å². The van der Waals surface area contributed by atoms with E-state index >= 15 is 0 Å². The number of hydrogen-bond acceptors (Lipinski definition) is 2. The maximum absolute atomic E-state index is 5.24. The lowest BCUT2D eigenvalue weighted by Crippen LogP contribution is -2.26. The number of nitrogens with zero attached hydrogens (tertiary/aromatic N) is 2. The molecule has 12 rings (SSSR count). The topological polar surface area (TPSA) is 25.8 Å². The van der Waals surface area contributed by atoms with E-state index in [1.54, 1.807) is 0 Å². The van der Waals surface area contributed by atoms with Crippen molar-refractivity contribution in [3.8, 4) is 44.6 Å². The van der Waals surface area contributed by atoms with Gasteiger partial charge in [-0.2, -0.15) is 0 Å². The van der Waals surface area contributed by atoms with Crippen LogP contribution in [0.25, 0.3) is 88.0 Å². The first-order valence-corrected chi connectivity index (χ1v) is 18.3. The molecule has 53 heavy (non-hydrogen) atoms. The molecule has 2 nitrogen and oxygen atoms in total. The van der Waals surface area contributed by atoms with Crippen LogP contribution in [0.1, 0.15) is 22.3 Å². The summed E-state index contributed by atoms with van der Waals surface area (Å²) in [7, 11) is 0. The number of rotatable bonds is 2. The van der Waals surface area contributed by atoms with Crippen molar-refractivity contribution in [2.24, 2.45) is 0 Å². The lowest BCUT2D eigenvalue weighted by molar-refractivity contribution is 0.802.